The van der Waals surface area contributed by atoms with Crippen molar-refractivity contribution in [1.82, 2.24) is 14.9 Å². The summed E-state index contributed by atoms with van der Waals surface area (Å²) in [6, 6.07) is 0.319. The van der Waals surface area contributed by atoms with Gasteiger partial charge in [0.15, 0.2) is 5.82 Å². The normalized spacial score (nSPS) is 34.2. The lowest BCUT2D eigenvalue weighted by Crippen LogP contribution is -2.52. The van der Waals surface area contributed by atoms with Gasteiger partial charge in [-0.15, -0.1) is 0 Å². The fraction of sp³-hybridized carbons (Fsp3) is 0.722. The van der Waals surface area contributed by atoms with Crippen molar-refractivity contribution in [2.45, 2.75) is 50.3 Å². The van der Waals surface area contributed by atoms with Crippen LogP contribution >= 0.6 is 0 Å². The molecule has 0 radical (unpaired) electrons. The summed E-state index contributed by atoms with van der Waals surface area (Å²) < 4.78 is 18.9. The molecule has 8 heteroatoms. The smallest absolute Gasteiger partial charge is 0.407 e. The van der Waals surface area contributed by atoms with Crippen molar-refractivity contribution in [3.8, 4) is 0 Å². The van der Waals surface area contributed by atoms with Crippen LogP contribution in [0.4, 0.5) is 15.1 Å². The van der Waals surface area contributed by atoms with Crippen LogP contribution in [-0.2, 0) is 4.74 Å². The number of amides is 1. The molecule has 1 aromatic rings. The molecule has 3 fully saturated rings. The summed E-state index contributed by atoms with van der Waals surface area (Å²) in [6.45, 7) is 1.49. The van der Waals surface area contributed by atoms with Crippen molar-refractivity contribution in [1.29, 1.82) is 0 Å². The zero-order valence-electron chi connectivity index (χ0n) is 14.9. The Labute approximate surface area is 152 Å². The molecule has 3 aliphatic heterocycles. The minimum Gasteiger partial charge on any atom is -0.465 e. The largest absolute Gasteiger partial charge is 0.465 e. The van der Waals surface area contributed by atoms with Crippen LogP contribution in [0.3, 0.4) is 0 Å². The monoisotopic (exact) mass is 364 g/mol. The average molecular weight is 364 g/mol. The first-order chi connectivity index (χ1) is 12.6. The first-order valence-electron chi connectivity index (χ1n) is 9.33. The van der Waals surface area contributed by atoms with Crippen molar-refractivity contribution >= 4 is 12.0 Å². The summed E-state index contributed by atoms with van der Waals surface area (Å²) in [5.41, 5.74) is 0. The summed E-state index contributed by atoms with van der Waals surface area (Å²) in [4.78, 5) is 23.4. The van der Waals surface area contributed by atoms with Crippen LogP contribution in [-0.4, -0.2) is 64.5 Å². The van der Waals surface area contributed by atoms with Gasteiger partial charge in [-0.05, 0) is 43.9 Å². The van der Waals surface area contributed by atoms with Gasteiger partial charge in [-0.2, -0.15) is 0 Å². The molecule has 3 aliphatic rings. The maximum atomic E-state index is 13.1. The summed E-state index contributed by atoms with van der Waals surface area (Å²) in [7, 11) is 1.73. The van der Waals surface area contributed by atoms with Crippen molar-refractivity contribution in [3.63, 3.8) is 0 Å². The molecule has 26 heavy (non-hydrogen) atoms. The number of aromatic nitrogens is 2. The number of ether oxygens (including phenoxy) is 1. The van der Waals surface area contributed by atoms with E-state index in [0.29, 0.717) is 24.3 Å². The number of hydrogen-bond acceptors (Lipinski definition) is 5. The predicted molar refractivity (Wildman–Crippen MR) is 92.5 cm³/mol. The number of methoxy groups -OCH3 is 1. The first-order valence-corrected chi connectivity index (χ1v) is 9.33. The van der Waals surface area contributed by atoms with Crippen LogP contribution in [0, 0.1) is 17.7 Å². The Balaban J connectivity index is 1.44. The van der Waals surface area contributed by atoms with Gasteiger partial charge in [0, 0.05) is 32.3 Å². The van der Waals surface area contributed by atoms with E-state index in [1.807, 2.05) is 4.90 Å². The summed E-state index contributed by atoms with van der Waals surface area (Å²) in [5, 5.41) is 9.45. The lowest BCUT2D eigenvalue weighted by atomic mass is 9.75. The van der Waals surface area contributed by atoms with Crippen LogP contribution in [0.1, 0.15) is 32.1 Å². The van der Waals surface area contributed by atoms with Gasteiger partial charge in [0.05, 0.1) is 18.5 Å². The van der Waals surface area contributed by atoms with Crippen molar-refractivity contribution < 1.29 is 19.0 Å². The Bertz CT molecular complexity index is 644. The predicted octanol–water partition coefficient (Wildman–Crippen LogP) is 2.38. The van der Waals surface area contributed by atoms with E-state index in [9.17, 15) is 14.3 Å². The van der Waals surface area contributed by atoms with Crippen molar-refractivity contribution in [2.24, 2.45) is 11.8 Å². The number of carbonyl (C=O) groups is 1. The first kappa shape index (κ1) is 17.5. The number of carboxylic acid groups (broad SMARTS) is 1. The van der Waals surface area contributed by atoms with E-state index in [1.54, 1.807) is 12.0 Å². The minimum absolute atomic E-state index is 0.0539. The van der Waals surface area contributed by atoms with E-state index in [4.69, 9.17) is 4.74 Å². The molecule has 7 nitrogen and oxygen atoms in total. The van der Waals surface area contributed by atoms with Gasteiger partial charge >= 0.3 is 6.09 Å². The Hall–Kier alpha value is -1.96. The number of hydrogen-bond donors (Lipinski definition) is 1. The molecule has 2 bridgehead atoms. The van der Waals surface area contributed by atoms with E-state index in [1.165, 1.54) is 12.4 Å². The highest BCUT2D eigenvalue weighted by Gasteiger charge is 2.47. The standard InChI is InChI=1S/C18H25FN4O3/c1-26-16-10-22(17-20-8-12(19)9-21-17)5-4-15(16)11-6-13-2-3-14(7-11)23(13)18(24)25/h8-9,11,13-16H,2-7,10H2,1H3,(H,24,25)/t11?,13-,14+,15?,16?. The highest BCUT2D eigenvalue weighted by molar-refractivity contribution is 5.66. The lowest BCUT2D eigenvalue weighted by molar-refractivity contribution is -0.0111. The molecule has 1 amide bonds. The number of fused-ring (bicyclic) bond motifs is 2. The van der Waals surface area contributed by atoms with Gasteiger partial charge in [0.2, 0.25) is 5.95 Å². The molecule has 0 aromatic carbocycles. The van der Waals surface area contributed by atoms with Crippen molar-refractivity contribution in [2.75, 3.05) is 25.1 Å². The maximum absolute atomic E-state index is 13.1. The molecule has 4 heterocycles. The van der Waals surface area contributed by atoms with E-state index in [-0.39, 0.29) is 18.2 Å². The molecule has 4 rings (SSSR count). The second kappa shape index (κ2) is 6.98. The molecule has 0 saturated carbocycles. The summed E-state index contributed by atoms with van der Waals surface area (Å²) >= 11 is 0. The van der Waals surface area contributed by atoms with Crippen LogP contribution in [0.2, 0.25) is 0 Å². The topological polar surface area (TPSA) is 78.8 Å². The van der Waals surface area contributed by atoms with E-state index >= 15 is 0 Å². The van der Waals surface area contributed by atoms with E-state index < -0.39 is 11.9 Å². The Morgan fingerprint density at radius 1 is 1.23 bits per heavy atom. The van der Waals surface area contributed by atoms with Gasteiger partial charge < -0.3 is 19.6 Å². The second-order valence-corrected chi connectivity index (χ2v) is 7.68. The molecule has 142 valence electrons. The maximum Gasteiger partial charge on any atom is 0.407 e. The van der Waals surface area contributed by atoms with Gasteiger partial charge in [-0.25, -0.2) is 19.2 Å². The minimum atomic E-state index is -0.775. The zero-order valence-corrected chi connectivity index (χ0v) is 14.9. The summed E-state index contributed by atoms with van der Waals surface area (Å²) in [5.74, 6) is 1.00. The molecule has 0 aliphatic carbocycles. The third-order valence-corrected chi connectivity index (χ3v) is 6.40. The zero-order chi connectivity index (χ0) is 18.3. The number of piperidine rings is 2. The van der Waals surface area contributed by atoms with Crippen LogP contribution in [0.5, 0.6) is 0 Å². The van der Waals surface area contributed by atoms with Crippen LogP contribution < -0.4 is 4.90 Å². The van der Waals surface area contributed by atoms with Crippen LogP contribution in [0.25, 0.3) is 0 Å². The Morgan fingerprint density at radius 2 is 1.88 bits per heavy atom. The highest BCUT2D eigenvalue weighted by atomic mass is 19.1. The third kappa shape index (κ3) is 3.11. The molecular weight excluding hydrogens is 339 g/mol. The van der Waals surface area contributed by atoms with E-state index in [0.717, 1.165) is 38.6 Å². The third-order valence-electron chi connectivity index (χ3n) is 6.40. The number of nitrogens with zero attached hydrogens (tertiary/aromatic N) is 4. The second-order valence-electron chi connectivity index (χ2n) is 7.68. The van der Waals surface area contributed by atoms with Gasteiger partial charge in [-0.3, -0.25) is 0 Å². The fourth-order valence-electron chi connectivity index (χ4n) is 5.25. The molecule has 5 atom stereocenters. The molecular formula is C18H25FN4O3. The molecule has 1 aromatic heterocycles. The van der Waals surface area contributed by atoms with Crippen molar-refractivity contribution in [3.05, 3.63) is 18.2 Å². The fourth-order valence-corrected chi connectivity index (χ4v) is 5.25. The lowest BCUT2D eigenvalue weighted by Gasteiger charge is -2.45. The molecule has 1 N–H and O–H groups in total. The van der Waals surface area contributed by atoms with Gasteiger partial charge in [0.1, 0.15) is 0 Å². The molecule has 3 saturated heterocycles. The average Bonchev–Trinajstić information content (AvgIpc) is 2.92. The SMILES string of the molecule is COC1CN(c2ncc(F)cn2)CCC1C1C[C@H]2CC[C@@H](C1)N2C(=O)O. The van der Waals surface area contributed by atoms with Crippen LogP contribution in [0.15, 0.2) is 12.4 Å². The molecule has 3 unspecified atom stereocenters. The number of anilines is 1. The quantitative estimate of drug-likeness (QED) is 0.887. The number of rotatable bonds is 3. The number of halogens is 1. The summed E-state index contributed by atoms with van der Waals surface area (Å²) in [6.07, 6.45) is 6.43. The van der Waals surface area contributed by atoms with Gasteiger partial charge in [0.25, 0.3) is 0 Å². The Kier molecular flexibility index (Phi) is 4.69. The highest BCUT2D eigenvalue weighted by Crippen LogP contribution is 2.44. The molecule has 0 spiro atoms. The Morgan fingerprint density at radius 3 is 2.46 bits per heavy atom. The van der Waals surface area contributed by atoms with Gasteiger partial charge in [-0.1, -0.05) is 0 Å². The van der Waals surface area contributed by atoms with E-state index in [2.05, 4.69) is 9.97 Å².